The van der Waals surface area contributed by atoms with E-state index in [0.29, 0.717) is 29.1 Å². The first-order valence-electron chi connectivity index (χ1n) is 7.27. The number of hydrogen-bond donors (Lipinski definition) is 0. The Kier molecular flexibility index (Phi) is 4.60. The van der Waals surface area contributed by atoms with E-state index in [-0.39, 0.29) is 5.92 Å². The minimum absolute atomic E-state index is 0.226. The van der Waals surface area contributed by atoms with Gasteiger partial charge in [-0.2, -0.15) is 0 Å². The van der Waals surface area contributed by atoms with Crippen molar-refractivity contribution in [3.8, 4) is 0 Å². The molecule has 1 aliphatic rings. The highest BCUT2D eigenvalue weighted by Crippen LogP contribution is 2.44. The highest BCUT2D eigenvalue weighted by Gasteiger charge is 2.36. The van der Waals surface area contributed by atoms with Crippen LogP contribution in [-0.4, -0.2) is 30.6 Å². The molecule has 0 radical (unpaired) electrons. The second-order valence-corrected chi connectivity index (χ2v) is 5.35. The average molecular weight is 291 g/mol. The Morgan fingerprint density at radius 1 is 1.14 bits per heavy atom. The maximum absolute atomic E-state index is 12.3. The summed E-state index contributed by atoms with van der Waals surface area (Å²) in [6.45, 7) is 5.85. The van der Waals surface area contributed by atoms with E-state index >= 15 is 0 Å². The summed E-state index contributed by atoms with van der Waals surface area (Å²) in [6.07, 6.45) is 2.70. The minimum atomic E-state index is -0.438. The Morgan fingerprint density at radius 2 is 1.71 bits per heavy atom. The zero-order valence-electron chi connectivity index (χ0n) is 13.0. The normalized spacial score (nSPS) is 13.9. The summed E-state index contributed by atoms with van der Waals surface area (Å²) in [5, 5.41) is 0. The van der Waals surface area contributed by atoms with Gasteiger partial charge in [-0.05, 0) is 44.6 Å². The summed E-state index contributed by atoms with van der Waals surface area (Å²) < 4.78 is 10.1. The first-order valence-corrected chi connectivity index (χ1v) is 7.27. The zero-order valence-corrected chi connectivity index (χ0v) is 13.0. The van der Waals surface area contributed by atoms with Gasteiger partial charge in [0, 0.05) is 0 Å². The molecule has 1 saturated carbocycles. The molecule has 0 spiro atoms. The van der Waals surface area contributed by atoms with Gasteiger partial charge in [-0.15, -0.1) is 0 Å². The first-order chi connectivity index (χ1) is 10.0. The van der Waals surface area contributed by atoms with Crippen molar-refractivity contribution in [3.05, 3.63) is 28.1 Å². The van der Waals surface area contributed by atoms with Gasteiger partial charge in [0.25, 0.3) is 0 Å². The van der Waals surface area contributed by atoms with Crippen LogP contribution in [0, 0.1) is 13.8 Å². The third kappa shape index (κ3) is 3.06. The second kappa shape index (κ2) is 6.24. The van der Waals surface area contributed by atoms with Gasteiger partial charge in [0.1, 0.15) is 0 Å². The molecule has 1 aliphatic carbocycles. The van der Waals surface area contributed by atoms with Crippen molar-refractivity contribution in [3.63, 3.8) is 0 Å². The quantitative estimate of drug-likeness (QED) is 0.780. The Hall–Kier alpha value is -1.91. The van der Waals surface area contributed by atoms with E-state index in [1.165, 1.54) is 7.11 Å². The molecule has 5 nitrogen and oxygen atoms in total. The largest absolute Gasteiger partial charge is 0.465 e. The molecule has 0 saturated heterocycles. The van der Waals surface area contributed by atoms with E-state index in [9.17, 15) is 9.59 Å². The fraction of sp³-hybridized carbons (Fsp3) is 0.562. The molecule has 0 atom stereocenters. The molecule has 1 fully saturated rings. The fourth-order valence-corrected chi connectivity index (χ4v) is 2.54. The maximum Gasteiger partial charge on any atom is 0.340 e. The van der Waals surface area contributed by atoms with Gasteiger partial charge in [-0.3, -0.25) is 4.98 Å². The molecule has 0 N–H and O–H groups in total. The summed E-state index contributed by atoms with van der Waals surface area (Å²) in [5.41, 5.74) is 2.84. The lowest BCUT2D eigenvalue weighted by molar-refractivity contribution is 0.0502. The lowest BCUT2D eigenvalue weighted by Crippen LogP contribution is -2.18. The van der Waals surface area contributed by atoms with Gasteiger partial charge in [-0.25, -0.2) is 9.59 Å². The number of nitrogens with zero attached hydrogens (tertiary/aromatic N) is 1. The van der Waals surface area contributed by atoms with Crippen molar-refractivity contribution in [1.82, 2.24) is 4.98 Å². The van der Waals surface area contributed by atoms with Gasteiger partial charge >= 0.3 is 11.9 Å². The summed E-state index contributed by atoms with van der Waals surface area (Å²) in [7, 11) is 1.34. The van der Waals surface area contributed by atoms with E-state index in [1.807, 2.05) is 6.92 Å². The van der Waals surface area contributed by atoms with Crippen molar-refractivity contribution in [2.24, 2.45) is 0 Å². The smallest absolute Gasteiger partial charge is 0.340 e. The number of carbonyl (C=O) groups is 2. The average Bonchev–Trinajstić information content (AvgIpc) is 3.27. The molecule has 21 heavy (non-hydrogen) atoms. The highest BCUT2D eigenvalue weighted by atomic mass is 16.5. The molecular formula is C16H21NO4. The predicted molar refractivity (Wildman–Crippen MR) is 77.6 cm³/mol. The van der Waals surface area contributed by atoms with Crippen molar-refractivity contribution in [2.45, 2.75) is 46.0 Å². The Labute approximate surface area is 124 Å². The molecule has 0 aromatic carbocycles. The lowest BCUT2D eigenvalue weighted by Gasteiger charge is -2.16. The van der Waals surface area contributed by atoms with Crippen LogP contribution < -0.4 is 0 Å². The standard InChI is InChI=1S/C16H21NO4/c1-5-8-21-16(19)13-10(3)17-9(2)12(15(18)20-4)14(13)11-6-7-11/h11H,5-8H2,1-4H3. The van der Waals surface area contributed by atoms with Crippen LogP contribution in [0.15, 0.2) is 0 Å². The lowest BCUT2D eigenvalue weighted by atomic mass is 9.95. The third-order valence-electron chi connectivity index (χ3n) is 3.61. The number of aromatic nitrogens is 1. The fourth-order valence-electron chi connectivity index (χ4n) is 2.54. The molecule has 1 heterocycles. The first kappa shape index (κ1) is 15.5. The van der Waals surface area contributed by atoms with Crippen molar-refractivity contribution in [1.29, 1.82) is 0 Å². The molecule has 0 aliphatic heterocycles. The number of methoxy groups -OCH3 is 1. The SMILES string of the molecule is CCCOC(=O)c1c(C)nc(C)c(C(=O)OC)c1C1CC1. The molecule has 1 aromatic rings. The van der Waals surface area contributed by atoms with Crippen molar-refractivity contribution in [2.75, 3.05) is 13.7 Å². The summed E-state index contributed by atoms with van der Waals surface area (Å²) in [4.78, 5) is 28.8. The molecule has 0 bridgehead atoms. The van der Waals surface area contributed by atoms with Crippen LogP contribution >= 0.6 is 0 Å². The van der Waals surface area contributed by atoms with Gasteiger partial charge < -0.3 is 9.47 Å². The molecule has 1 aromatic heterocycles. The number of ether oxygens (including phenoxy) is 2. The summed E-state index contributed by atoms with van der Waals surface area (Å²) in [5.74, 6) is -0.607. The van der Waals surface area contributed by atoms with E-state index in [1.54, 1.807) is 13.8 Å². The van der Waals surface area contributed by atoms with E-state index < -0.39 is 11.9 Å². The Morgan fingerprint density at radius 3 is 2.19 bits per heavy atom. The number of carbonyl (C=O) groups excluding carboxylic acids is 2. The van der Waals surface area contributed by atoms with Crippen LogP contribution in [0.4, 0.5) is 0 Å². The van der Waals surface area contributed by atoms with Gasteiger partial charge in [0.05, 0.1) is 36.2 Å². The van der Waals surface area contributed by atoms with Gasteiger partial charge in [0.15, 0.2) is 0 Å². The maximum atomic E-state index is 12.3. The van der Waals surface area contributed by atoms with Crippen LogP contribution in [-0.2, 0) is 9.47 Å². The van der Waals surface area contributed by atoms with Gasteiger partial charge in [0.2, 0.25) is 0 Å². The molecule has 5 heteroatoms. The van der Waals surface area contributed by atoms with Crippen LogP contribution in [0.25, 0.3) is 0 Å². The molecule has 0 amide bonds. The third-order valence-corrected chi connectivity index (χ3v) is 3.61. The van der Waals surface area contributed by atoms with E-state index in [0.717, 1.165) is 24.8 Å². The number of aryl methyl sites for hydroxylation is 2. The number of pyridine rings is 1. The Bertz CT molecular complexity index is 576. The molecule has 2 rings (SSSR count). The summed E-state index contributed by atoms with van der Waals surface area (Å²) >= 11 is 0. The van der Waals surface area contributed by atoms with Crippen LogP contribution in [0.2, 0.25) is 0 Å². The van der Waals surface area contributed by atoms with E-state index in [4.69, 9.17) is 9.47 Å². The summed E-state index contributed by atoms with van der Waals surface area (Å²) in [6, 6.07) is 0. The van der Waals surface area contributed by atoms with E-state index in [2.05, 4.69) is 4.98 Å². The van der Waals surface area contributed by atoms with Crippen LogP contribution in [0.1, 0.15) is 69.8 Å². The predicted octanol–water partition coefficient (Wildman–Crippen LogP) is 2.93. The van der Waals surface area contributed by atoms with Crippen LogP contribution in [0.3, 0.4) is 0 Å². The zero-order chi connectivity index (χ0) is 15.6. The topological polar surface area (TPSA) is 65.5 Å². The number of hydrogen-bond acceptors (Lipinski definition) is 5. The number of esters is 2. The minimum Gasteiger partial charge on any atom is -0.465 e. The van der Waals surface area contributed by atoms with Crippen LogP contribution in [0.5, 0.6) is 0 Å². The van der Waals surface area contributed by atoms with Gasteiger partial charge in [-0.1, -0.05) is 6.92 Å². The molecular weight excluding hydrogens is 270 g/mol. The molecule has 0 unspecified atom stereocenters. The Balaban J connectivity index is 2.57. The monoisotopic (exact) mass is 291 g/mol. The van der Waals surface area contributed by atoms with Crippen molar-refractivity contribution >= 4 is 11.9 Å². The number of rotatable bonds is 5. The second-order valence-electron chi connectivity index (χ2n) is 5.35. The highest BCUT2D eigenvalue weighted by molar-refractivity contribution is 5.99. The molecule has 114 valence electrons. The van der Waals surface area contributed by atoms with Crippen molar-refractivity contribution < 1.29 is 19.1 Å².